The number of hydrogen-bond acceptors (Lipinski definition) is 3. The molecule has 2 rings (SSSR count). The first-order valence-corrected chi connectivity index (χ1v) is 9.11. The van der Waals surface area contributed by atoms with Crippen molar-refractivity contribution in [1.82, 2.24) is 4.90 Å². The quantitative estimate of drug-likeness (QED) is 0.713. The van der Waals surface area contributed by atoms with Crippen LogP contribution in [0.25, 0.3) is 0 Å². The van der Waals surface area contributed by atoms with Crippen LogP contribution in [0.15, 0.2) is 0 Å². The lowest BCUT2D eigenvalue weighted by molar-refractivity contribution is -0.148. The summed E-state index contributed by atoms with van der Waals surface area (Å²) in [6, 6.07) is 0. The average Bonchev–Trinajstić information content (AvgIpc) is 2.77. The first-order chi connectivity index (χ1) is 10.2. The van der Waals surface area contributed by atoms with Gasteiger partial charge in [-0.1, -0.05) is 39.0 Å². The number of hydrogen-bond donors (Lipinski definition) is 0. The zero-order valence-corrected chi connectivity index (χ0v) is 14.0. The lowest BCUT2D eigenvalue weighted by Gasteiger charge is -2.48. The fourth-order valence-corrected chi connectivity index (χ4v) is 4.40. The van der Waals surface area contributed by atoms with Crippen molar-refractivity contribution in [3.63, 3.8) is 0 Å². The van der Waals surface area contributed by atoms with E-state index in [1.807, 2.05) is 6.92 Å². The Kier molecular flexibility index (Phi) is 6.53. The minimum absolute atomic E-state index is 0.0125. The van der Waals surface area contributed by atoms with Gasteiger partial charge in [0.05, 0.1) is 13.0 Å². The van der Waals surface area contributed by atoms with E-state index >= 15 is 0 Å². The number of nitrogens with zero attached hydrogens (tertiary/aromatic N) is 1. The Bertz CT molecular complexity index is 323. The molecule has 3 nitrogen and oxygen atoms in total. The fraction of sp³-hybridized carbons (Fsp3) is 0.944. The van der Waals surface area contributed by atoms with Crippen LogP contribution in [0.2, 0.25) is 0 Å². The van der Waals surface area contributed by atoms with E-state index < -0.39 is 0 Å². The third-order valence-corrected chi connectivity index (χ3v) is 5.56. The molecule has 0 N–H and O–H groups in total. The van der Waals surface area contributed by atoms with Gasteiger partial charge in [0.15, 0.2) is 0 Å². The second-order valence-corrected chi connectivity index (χ2v) is 6.98. The molecule has 0 radical (unpaired) electrons. The number of ether oxygens (including phenoxy) is 1. The van der Waals surface area contributed by atoms with Crippen molar-refractivity contribution in [2.45, 2.75) is 83.6 Å². The van der Waals surface area contributed by atoms with E-state index in [0.29, 0.717) is 13.0 Å². The number of esters is 1. The van der Waals surface area contributed by atoms with Gasteiger partial charge in [-0.3, -0.25) is 9.69 Å². The predicted molar refractivity (Wildman–Crippen MR) is 86.3 cm³/mol. The molecular formula is C18H33NO2. The van der Waals surface area contributed by atoms with Crippen LogP contribution in [0, 0.1) is 5.92 Å². The summed E-state index contributed by atoms with van der Waals surface area (Å²) in [5.41, 5.74) is 0.0928. The molecule has 1 saturated heterocycles. The van der Waals surface area contributed by atoms with Crippen LogP contribution in [0.3, 0.4) is 0 Å². The summed E-state index contributed by atoms with van der Waals surface area (Å²) in [6.45, 7) is 7.07. The minimum atomic E-state index is 0.0125. The van der Waals surface area contributed by atoms with Gasteiger partial charge in [-0.2, -0.15) is 0 Å². The van der Waals surface area contributed by atoms with Crippen molar-refractivity contribution in [3.05, 3.63) is 0 Å². The summed E-state index contributed by atoms with van der Waals surface area (Å²) in [5.74, 6) is 0.801. The highest BCUT2D eigenvalue weighted by Crippen LogP contribution is 2.41. The van der Waals surface area contributed by atoms with Crippen LogP contribution >= 0.6 is 0 Å². The first kappa shape index (κ1) is 16.8. The van der Waals surface area contributed by atoms with Crippen molar-refractivity contribution in [2.75, 3.05) is 19.7 Å². The van der Waals surface area contributed by atoms with Crippen LogP contribution in [-0.4, -0.2) is 36.1 Å². The van der Waals surface area contributed by atoms with Gasteiger partial charge >= 0.3 is 5.97 Å². The normalized spacial score (nSPS) is 31.6. The molecule has 0 aromatic carbocycles. The van der Waals surface area contributed by atoms with Crippen LogP contribution < -0.4 is 0 Å². The second kappa shape index (κ2) is 8.17. The van der Waals surface area contributed by atoms with Gasteiger partial charge in [0.2, 0.25) is 0 Å². The van der Waals surface area contributed by atoms with E-state index in [1.165, 1.54) is 70.9 Å². The SMILES string of the molecule is CCOC(=O)CC1(N2CCCCCC2)CCCC(CC)C1. The highest BCUT2D eigenvalue weighted by Gasteiger charge is 2.42. The van der Waals surface area contributed by atoms with E-state index in [-0.39, 0.29) is 11.5 Å². The van der Waals surface area contributed by atoms with Crippen LogP contribution in [0.4, 0.5) is 0 Å². The Morgan fingerprint density at radius 1 is 1.14 bits per heavy atom. The van der Waals surface area contributed by atoms with Crippen LogP contribution in [-0.2, 0) is 9.53 Å². The molecule has 0 amide bonds. The standard InChI is InChI=1S/C18H33NO2/c1-3-16-10-9-11-18(14-16,15-17(20)21-4-2)19-12-7-5-6-8-13-19/h16H,3-15H2,1-2H3. The van der Waals surface area contributed by atoms with E-state index in [9.17, 15) is 4.79 Å². The van der Waals surface area contributed by atoms with Crippen molar-refractivity contribution < 1.29 is 9.53 Å². The van der Waals surface area contributed by atoms with Crippen molar-refractivity contribution in [2.24, 2.45) is 5.92 Å². The number of carbonyl (C=O) groups is 1. The number of likely N-dealkylation sites (tertiary alicyclic amines) is 1. The lowest BCUT2D eigenvalue weighted by atomic mass is 9.72. The molecule has 2 fully saturated rings. The molecule has 0 bridgehead atoms. The molecule has 1 aliphatic carbocycles. The summed E-state index contributed by atoms with van der Waals surface area (Å²) in [5, 5.41) is 0. The zero-order valence-electron chi connectivity index (χ0n) is 14.0. The molecule has 1 heterocycles. The highest BCUT2D eigenvalue weighted by molar-refractivity contribution is 5.71. The first-order valence-electron chi connectivity index (χ1n) is 9.11. The van der Waals surface area contributed by atoms with E-state index in [0.717, 1.165) is 5.92 Å². The summed E-state index contributed by atoms with van der Waals surface area (Å²) in [7, 11) is 0. The smallest absolute Gasteiger partial charge is 0.307 e. The Morgan fingerprint density at radius 3 is 2.48 bits per heavy atom. The van der Waals surface area contributed by atoms with Gasteiger partial charge in [-0.05, 0) is 51.6 Å². The Morgan fingerprint density at radius 2 is 1.86 bits per heavy atom. The van der Waals surface area contributed by atoms with Gasteiger partial charge in [0.1, 0.15) is 0 Å². The van der Waals surface area contributed by atoms with E-state index in [4.69, 9.17) is 4.74 Å². The minimum Gasteiger partial charge on any atom is -0.466 e. The van der Waals surface area contributed by atoms with Gasteiger partial charge in [-0.15, -0.1) is 0 Å². The van der Waals surface area contributed by atoms with Gasteiger partial charge in [0.25, 0.3) is 0 Å². The van der Waals surface area contributed by atoms with Crippen molar-refractivity contribution in [1.29, 1.82) is 0 Å². The van der Waals surface area contributed by atoms with E-state index in [2.05, 4.69) is 11.8 Å². The third-order valence-electron chi connectivity index (χ3n) is 5.56. The lowest BCUT2D eigenvalue weighted by Crippen LogP contribution is -2.53. The van der Waals surface area contributed by atoms with Crippen LogP contribution in [0.1, 0.15) is 78.1 Å². The molecule has 0 spiro atoms. The Hall–Kier alpha value is -0.570. The predicted octanol–water partition coefficient (Wildman–Crippen LogP) is 4.15. The Labute approximate surface area is 130 Å². The molecule has 2 atom stereocenters. The summed E-state index contributed by atoms with van der Waals surface area (Å²) in [4.78, 5) is 14.9. The molecule has 1 saturated carbocycles. The maximum absolute atomic E-state index is 12.2. The largest absolute Gasteiger partial charge is 0.466 e. The monoisotopic (exact) mass is 295 g/mol. The van der Waals surface area contributed by atoms with Gasteiger partial charge < -0.3 is 4.74 Å². The third kappa shape index (κ3) is 4.45. The topological polar surface area (TPSA) is 29.5 Å². The molecule has 0 aromatic heterocycles. The summed E-state index contributed by atoms with van der Waals surface area (Å²) in [6.07, 6.45) is 12.1. The number of carbonyl (C=O) groups excluding carboxylic acids is 1. The molecule has 2 unspecified atom stereocenters. The molecule has 0 aromatic rings. The molecule has 1 aliphatic heterocycles. The van der Waals surface area contributed by atoms with E-state index in [1.54, 1.807) is 0 Å². The average molecular weight is 295 g/mol. The van der Waals surface area contributed by atoms with Crippen molar-refractivity contribution in [3.8, 4) is 0 Å². The van der Waals surface area contributed by atoms with Gasteiger partial charge in [0, 0.05) is 5.54 Å². The zero-order chi connectivity index (χ0) is 15.1. The molecule has 2 aliphatic rings. The second-order valence-electron chi connectivity index (χ2n) is 6.98. The maximum Gasteiger partial charge on any atom is 0.307 e. The maximum atomic E-state index is 12.2. The fourth-order valence-electron chi connectivity index (χ4n) is 4.40. The summed E-state index contributed by atoms with van der Waals surface area (Å²) >= 11 is 0. The number of rotatable bonds is 5. The summed E-state index contributed by atoms with van der Waals surface area (Å²) < 4.78 is 5.30. The molecule has 21 heavy (non-hydrogen) atoms. The highest BCUT2D eigenvalue weighted by atomic mass is 16.5. The van der Waals surface area contributed by atoms with Crippen LogP contribution in [0.5, 0.6) is 0 Å². The Balaban J connectivity index is 2.13. The van der Waals surface area contributed by atoms with Gasteiger partial charge in [-0.25, -0.2) is 0 Å². The molecular weight excluding hydrogens is 262 g/mol. The molecule has 122 valence electrons. The molecule has 3 heteroatoms. The van der Waals surface area contributed by atoms with Crippen molar-refractivity contribution >= 4 is 5.97 Å².